The zero-order chi connectivity index (χ0) is 12.4. The number of aryl methyl sites for hydroxylation is 2. The van der Waals surface area contributed by atoms with Gasteiger partial charge < -0.3 is 5.73 Å². The molecule has 0 radical (unpaired) electrons. The fraction of sp³-hybridized carbons (Fsp3) is 0.625. The lowest BCUT2D eigenvalue weighted by Gasteiger charge is -2.28. The highest BCUT2D eigenvalue weighted by Gasteiger charge is 2.23. The van der Waals surface area contributed by atoms with Crippen molar-refractivity contribution in [1.29, 1.82) is 0 Å². The van der Waals surface area contributed by atoms with E-state index in [-0.39, 0.29) is 0 Å². The second kappa shape index (κ2) is 5.41. The predicted octanol–water partition coefficient (Wildman–Crippen LogP) is 2.66. The molecule has 0 spiro atoms. The summed E-state index contributed by atoms with van der Waals surface area (Å²) in [5.41, 5.74) is 10.6. The first-order chi connectivity index (χ1) is 8.88. The molecule has 0 saturated carbocycles. The van der Waals surface area contributed by atoms with E-state index in [4.69, 9.17) is 5.73 Å². The summed E-state index contributed by atoms with van der Waals surface area (Å²) in [5.74, 6) is 0. The lowest BCUT2D eigenvalue weighted by atomic mass is 9.89. The monoisotopic (exact) mass is 244 g/mol. The molecule has 2 nitrogen and oxygen atoms in total. The average molecular weight is 244 g/mol. The Labute approximate surface area is 110 Å². The average Bonchev–Trinajstić information content (AvgIpc) is 2.93. The maximum absolute atomic E-state index is 6.02. The summed E-state index contributed by atoms with van der Waals surface area (Å²) < 4.78 is 0. The van der Waals surface area contributed by atoms with E-state index in [1.165, 1.54) is 57.2 Å². The fourth-order valence-electron chi connectivity index (χ4n) is 3.51. The molecule has 3 rings (SSSR count). The number of hydrogen-bond acceptors (Lipinski definition) is 2. The van der Waals surface area contributed by atoms with Crippen molar-refractivity contribution >= 4 is 0 Å². The minimum Gasteiger partial charge on any atom is -0.329 e. The summed E-state index contributed by atoms with van der Waals surface area (Å²) in [6.07, 6.45) is 7.92. The second-order valence-corrected chi connectivity index (χ2v) is 5.73. The van der Waals surface area contributed by atoms with Crippen LogP contribution in [0.3, 0.4) is 0 Å². The molecule has 2 heteroatoms. The number of nitrogens with two attached hydrogens (primary N) is 1. The Kier molecular flexibility index (Phi) is 3.67. The molecular weight excluding hydrogens is 220 g/mol. The lowest BCUT2D eigenvalue weighted by Crippen LogP contribution is -2.31. The van der Waals surface area contributed by atoms with Crippen molar-refractivity contribution in [2.75, 3.05) is 19.6 Å². The molecule has 0 bridgehead atoms. The van der Waals surface area contributed by atoms with Gasteiger partial charge in [0, 0.05) is 12.6 Å². The quantitative estimate of drug-likeness (QED) is 0.885. The first-order valence-electron chi connectivity index (χ1n) is 7.44. The van der Waals surface area contributed by atoms with Crippen LogP contribution < -0.4 is 5.73 Å². The Morgan fingerprint density at radius 1 is 1.00 bits per heavy atom. The van der Waals surface area contributed by atoms with Crippen molar-refractivity contribution < 1.29 is 0 Å². The van der Waals surface area contributed by atoms with E-state index in [1.54, 1.807) is 11.1 Å². The Morgan fingerprint density at radius 2 is 1.72 bits per heavy atom. The molecule has 0 aromatic heterocycles. The van der Waals surface area contributed by atoms with Crippen LogP contribution in [0.15, 0.2) is 18.2 Å². The molecule has 1 aliphatic carbocycles. The summed E-state index contributed by atoms with van der Waals surface area (Å²) >= 11 is 0. The van der Waals surface area contributed by atoms with Crippen LogP contribution in [0, 0.1) is 0 Å². The van der Waals surface area contributed by atoms with E-state index in [0.717, 1.165) is 6.54 Å². The second-order valence-electron chi connectivity index (χ2n) is 5.73. The Balaban J connectivity index is 1.85. The van der Waals surface area contributed by atoms with Crippen molar-refractivity contribution in [2.45, 2.75) is 44.6 Å². The van der Waals surface area contributed by atoms with Crippen LogP contribution in [0.2, 0.25) is 0 Å². The van der Waals surface area contributed by atoms with Crippen molar-refractivity contribution in [3.05, 3.63) is 34.9 Å². The van der Waals surface area contributed by atoms with Crippen LogP contribution >= 0.6 is 0 Å². The van der Waals surface area contributed by atoms with Gasteiger partial charge in [0.05, 0.1) is 0 Å². The summed E-state index contributed by atoms with van der Waals surface area (Å²) in [7, 11) is 0. The van der Waals surface area contributed by atoms with E-state index >= 15 is 0 Å². The molecule has 1 atom stereocenters. The molecule has 1 fully saturated rings. The van der Waals surface area contributed by atoms with E-state index < -0.39 is 0 Å². The van der Waals surface area contributed by atoms with Crippen LogP contribution in [0.5, 0.6) is 0 Å². The minimum atomic E-state index is 0.444. The third-order valence-electron chi connectivity index (χ3n) is 4.56. The molecule has 1 heterocycles. The summed E-state index contributed by atoms with van der Waals surface area (Å²) in [6, 6.07) is 7.55. The van der Waals surface area contributed by atoms with Crippen molar-refractivity contribution in [1.82, 2.24) is 4.90 Å². The smallest absolute Gasteiger partial charge is 0.0470 e. The van der Waals surface area contributed by atoms with E-state index in [9.17, 15) is 0 Å². The molecule has 1 aliphatic heterocycles. The van der Waals surface area contributed by atoms with Gasteiger partial charge in [-0.15, -0.1) is 0 Å². The predicted molar refractivity (Wildman–Crippen MR) is 75.7 cm³/mol. The lowest BCUT2D eigenvalue weighted by molar-refractivity contribution is 0.251. The number of likely N-dealkylation sites (tertiary alicyclic amines) is 1. The van der Waals surface area contributed by atoms with Crippen molar-refractivity contribution in [2.24, 2.45) is 5.73 Å². The van der Waals surface area contributed by atoms with Gasteiger partial charge in [0.2, 0.25) is 0 Å². The standard InChI is InChI=1S/C16H24N2/c17-12-16(18-9-3-4-10-18)15-8-7-13-5-1-2-6-14(13)11-15/h7-8,11,16H,1-6,9-10,12,17H2. The minimum absolute atomic E-state index is 0.444. The number of rotatable bonds is 3. The zero-order valence-electron chi connectivity index (χ0n) is 11.2. The first-order valence-corrected chi connectivity index (χ1v) is 7.44. The molecule has 1 unspecified atom stereocenters. The molecule has 18 heavy (non-hydrogen) atoms. The zero-order valence-corrected chi connectivity index (χ0v) is 11.2. The van der Waals surface area contributed by atoms with Crippen molar-refractivity contribution in [3.63, 3.8) is 0 Å². The van der Waals surface area contributed by atoms with Crippen LogP contribution in [0.4, 0.5) is 0 Å². The topological polar surface area (TPSA) is 29.3 Å². The van der Waals surface area contributed by atoms with Gasteiger partial charge in [-0.25, -0.2) is 0 Å². The summed E-state index contributed by atoms with van der Waals surface area (Å²) in [5, 5.41) is 0. The molecule has 1 aromatic carbocycles. The summed E-state index contributed by atoms with van der Waals surface area (Å²) in [4.78, 5) is 2.56. The van der Waals surface area contributed by atoms with Crippen LogP contribution in [0.25, 0.3) is 0 Å². The number of nitrogens with zero attached hydrogens (tertiary/aromatic N) is 1. The molecular formula is C16H24N2. The van der Waals surface area contributed by atoms with Gasteiger partial charge in [0.1, 0.15) is 0 Å². The van der Waals surface area contributed by atoms with Gasteiger partial charge in [-0.2, -0.15) is 0 Å². The number of hydrogen-bond donors (Lipinski definition) is 1. The van der Waals surface area contributed by atoms with Crippen LogP contribution in [0.1, 0.15) is 48.4 Å². The fourth-order valence-corrected chi connectivity index (χ4v) is 3.51. The largest absolute Gasteiger partial charge is 0.329 e. The third-order valence-corrected chi connectivity index (χ3v) is 4.56. The maximum atomic E-state index is 6.02. The highest BCUT2D eigenvalue weighted by molar-refractivity contribution is 5.35. The number of fused-ring (bicyclic) bond motifs is 1. The van der Waals surface area contributed by atoms with E-state index in [0.29, 0.717) is 6.04 Å². The Morgan fingerprint density at radius 3 is 2.44 bits per heavy atom. The van der Waals surface area contributed by atoms with Crippen LogP contribution in [-0.4, -0.2) is 24.5 Å². The van der Waals surface area contributed by atoms with Gasteiger partial charge in [0.25, 0.3) is 0 Å². The molecule has 1 aromatic rings. The van der Waals surface area contributed by atoms with E-state index in [2.05, 4.69) is 23.1 Å². The van der Waals surface area contributed by atoms with Gasteiger partial charge in [-0.3, -0.25) is 4.90 Å². The molecule has 0 amide bonds. The third kappa shape index (κ3) is 2.32. The number of benzene rings is 1. The van der Waals surface area contributed by atoms with E-state index in [1.807, 2.05) is 0 Å². The van der Waals surface area contributed by atoms with Crippen molar-refractivity contribution in [3.8, 4) is 0 Å². The summed E-state index contributed by atoms with van der Waals surface area (Å²) in [6.45, 7) is 3.19. The highest BCUT2D eigenvalue weighted by atomic mass is 15.2. The SMILES string of the molecule is NCC(c1ccc2c(c1)CCCC2)N1CCCC1. The normalized spacial score (nSPS) is 21.8. The maximum Gasteiger partial charge on any atom is 0.0470 e. The van der Waals surface area contributed by atoms with Crippen LogP contribution in [-0.2, 0) is 12.8 Å². The van der Waals surface area contributed by atoms with Gasteiger partial charge >= 0.3 is 0 Å². The van der Waals surface area contributed by atoms with Gasteiger partial charge in [-0.1, -0.05) is 18.2 Å². The van der Waals surface area contributed by atoms with Gasteiger partial charge in [0.15, 0.2) is 0 Å². The molecule has 2 N–H and O–H groups in total. The molecule has 98 valence electrons. The highest BCUT2D eigenvalue weighted by Crippen LogP contribution is 2.28. The van der Waals surface area contributed by atoms with Gasteiger partial charge in [-0.05, 0) is 68.3 Å². The molecule has 1 saturated heterocycles. The molecule has 2 aliphatic rings. The Bertz CT molecular complexity index is 408. The Hall–Kier alpha value is -0.860. The first kappa shape index (κ1) is 12.2.